The van der Waals surface area contributed by atoms with Crippen LogP contribution in [-0.4, -0.2) is 23.5 Å². The summed E-state index contributed by atoms with van der Waals surface area (Å²) >= 11 is 0. The molecule has 4 nitrogen and oxygen atoms in total. The van der Waals surface area contributed by atoms with Crippen LogP contribution in [0.1, 0.15) is 55.5 Å². The van der Waals surface area contributed by atoms with Gasteiger partial charge in [-0.05, 0) is 43.5 Å². The minimum Gasteiger partial charge on any atom is -0.478 e. The Bertz CT molecular complexity index is 483. The van der Waals surface area contributed by atoms with Crippen molar-refractivity contribution in [2.75, 3.05) is 11.4 Å². The van der Waals surface area contributed by atoms with E-state index in [1.165, 1.54) is 0 Å². The van der Waals surface area contributed by atoms with Crippen molar-refractivity contribution < 1.29 is 14.7 Å². The number of carboxylic acid groups (broad SMARTS) is 1. The zero-order valence-electron chi connectivity index (χ0n) is 12.5. The molecular formula is C16H23NO3. The van der Waals surface area contributed by atoms with E-state index >= 15 is 0 Å². The highest BCUT2D eigenvalue weighted by Gasteiger charge is 2.16. The van der Waals surface area contributed by atoms with Crippen molar-refractivity contribution in [2.45, 2.75) is 46.5 Å². The lowest BCUT2D eigenvalue weighted by atomic mass is 10.1. The standard InChI is InChI=1S/C16H23NO3/c1-4-6-8-17(15(18)7-5-2)14-10-12(3)9-13(11-14)16(19)20/h9-11H,4-8H2,1-3H3,(H,19,20). The summed E-state index contributed by atoms with van der Waals surface area (Å²) in [5.74, 6) is -0.906. The SMILES string of the molecule is CCCCN(C(=O)CCC)c1cc(C)cc(C(=O)O)c1. The van der Waals surface area contributed by atoms with Gasteiger partial charge in [0.25, 0.3) is 0 Å². The van der Waals surface area contributed by atoms with Crippen LogP contribution >= 0.6 is 0 Å². The van der Waals surface area contributed by atoms with Crippen molar-refractivity contribution in [3.05, 3.63) is 29.3 Å². The summed E-state index contributed by atoms with van der Waals surface area (Å²) in [5.41, 5.74) is 1.77. The first-order chi connectivity index (χ1) is 9.49. The summed E-state index contributed by atoms with van der Waals surface area (Å²) in [4.78, 5) is 25.1. The van der Waals surface area contributed by atoms with Gasteiger partial charge >= 0.3 is 5.97 Å². The number of hydrogen-bond acceptors (Lipinski definition) is 2. The summed E-state index contributed by atoms with van der Waals surface area (Å²) in [5, 5.41) is 9.13. The fraction of sp³-hybridized carbons (Fsp3) is 0.500. The third kappa shape index (κ3) is 4.37. The van der Waals surface area contributed by atoms with E-state index in [0.717, 1.165) is 24.8 Å². The van der Waals surface area contributed by atoms with Gasteiger partial charge in [0.15, 0.2) is 0 Å². The second-order valence-electron chi connectivity index (χ2n) is 5.01. The third-order valence-corrected chi connectivity index (χ3v) is 3.12. The second kappa shape index (κ2) is 7.68. The lowest BCUT2D eigenvalue weighted by molar-refractivity contribution is -0.118. The van der Waals surface area contributed by atoms with Crippen LogP contribution in [-0.2, 0) is 4.79 Å². The summed E-state index contributed by atoms with van der Waals surface area (Å²) in [6.45, 7) is 6.52. The molecule has 0 bridgehead atoms. The molecule has 0 radical (unpaired) electrons. The monoisotopic (exact) mass is 277 g/mol. The van der Waals surface area contributed by atoms with Crippen LogP contribution in [0.2, 0.25) is 0 Å². The molecule has 0 saturated heterocycles. The zero-order chi connectivity index (χ0) is 15.1. The van der Waals surface area contributed by atoms with Gasteiger partial charge in [0.2, 0.25) is 5.91 Å². The fourth-order valence-corrected chi connectivity index (χ4v) is 2.11. The molecular weight excluding hydrogens is 254 g/mol. The molecule has 0 aliphatic heterocycles. The first kappa shape index (κ1) is 16.2. The Morgan fingerprint density at radius 3 is 2.40 bits per heavy atom. The second-order valence-corrected chi connectivity index (χ2v) is 5.01. The Morgan fingerprint density at radius 1 is 1.15 bits per heavy atom. The van der Waals surface area contributed by atoms with Gasteiger partial charge in [-0.25, -0.2) is 4.79 Å². The normalized spacial score (nSPS) is 10.3. The number of aromatic carboxylic acids is 1. The number of carbonyl (C=O) groups excluding carboxylic acids is 1. The number of rotatable bonds is 7. The molecule has 1 amide bonds. The van der Waals surface area contributed by atoms with Gasteiger partial charge in [0.1, 0.15) is 0 Å². The predicted molar refractivity (Wildman–Crippen MR) is 80.3 cm³/mol. The van der Waals surface area contributed by atoms with Gasteiger partial charge in [0, 0.05) is 18.7 Å². The largest absolute Gasteiger partial charge is 0.478 e. The molecule has 0 aromatic heterocycles. The minimum atomic E-state index is -0.965. The van der Waals surface area contributed by atoms with Crippen LogP contribution in [0.25, 0.3) is 0 Å². The maximum Gasteiger partial charge on any atom is 0.335 e. The number of unbranched alkanes of at least 4 members (excludes halogenated alkanes) is 1. The van der Waals surface area contributed by atoms with Crippen molar-refractivity contribution in [1.29, 1.82) is 0 Å². The Morgan fingerprint density at radius 2 is 1.85 bits per heavy atom. The number of amides is 1. The van der Waals surface area contributed by atoms with Crippen LogP contribution in [0.4, 0.5) is 5.69 Å². The molecule has 0 heterocycles. The molecule has 1 aromatic carbocycles. The molecule has 0 aliphatic carbocycles. The summed E-state index contributed by atoms with van der Waals surface area (Å²) in [6.07, 6.45) is 3.18. The van der Waals surface area contributed by atoms with Crippen molar-refractivity contribution in [1.82, 2.24) is 0 Å². The van der Waals surface area contributed by atoms with E-state index in [4.69, 9.17) is 5.11 Å². The summed E-state index contributed by atoms with van der Waals surface area (Å²) < 4.78 is 0. The van der Waals surface area contributed by atoms with Crippen molar-refractivity contribution in [3.63, 3.8) is 0 Å². The smallest absolute Gasteiger partial charge is 0.335 e. The molecule has 20 heavy (non-hydrogen) atoms. The van der Waals surface area contributed by atoms with E-state index in [1.807, 2.05) is 19.9 Å². The van der Waals surface area contributed by atoms with Crippen LogP contribution in [0.15, 0.2) is 18.2 Å². The summed E-state index contributed by atoms with van der Waals surface area (Å²) in [6, 6.07) is 5.07. The number of nitrogens with zero attached hydrogens (tertiary/aromatic N) is 1. The lowest BCUT2D eigenvalue weighted by Gasteiger charge is -2.23. The predicted octanol–water partition coefficient (Wildman–Crippen LogP) is 3.63. The van der Waals surface area contributed by atoms with Crippen molar-refractivity contribution in [2.24, 2.45) is 0 Å². The first-order valence-electron chi connectivity index (χ1n) is 7.15. The molecule has 1 aromatic rings. The molecule has 0 unspecified atom stereocenters. The van der Waals surface area contributed by atoms with Crippen molar-refractivity contribution >= 4 is 17.6 Å². The third-order valence-electron chi connectivity index (χ3n) is 3.12. The molecule has 4 heteroatoms. The highest BCUT2D eigenvalue weighted by molar-refractivity contribution is 5.96. The number of hydrogen-bond donors (Lipinski definition) is 1. The van der Waals surface area contributed by atoms with Gasteiger partial charge in [-0.3, -0.25) is 4.79 Å². The van der Waals surface area contributed by atoms with E-state index in [0.29, 0.717) is 18.7 Å². The van der Waals surface area contributed by atoms with E-state index in [1.54, 1.807) is 17.0 Å². The zero-order valence-corrected chi connectivity index (χ0v) is 12.5. The molecule has 0 fully saturated rings. The Labute approximate surface area is 120 Å². The maximum atomic E-state index is 12.2. The topological polar surface area (TPSA) is 57.6 Å². The quantitative estimate of drug-likeness (QED) is 0.828. The van der Waals surface area contributed by atoms with Gasteiger partial charge in [-0.1, -0.05) is 20.3 Å². The molecule has 0 atom stereocenters. The van der Waals surface area contributed by atoms with E-state index in [2.05, 4.69) is 6.92 Å². The van der Waals surface area contributed by atoms with Gasteiger partial charge in [0.05, 0.1) is 5.56 Å². The van der Waals surface area contributed by atoms with Crippen LogP contribution in [0.3, 0.4) is 0 Å². The van der Waals surface area contributed by atoms with Crippen LogP contribution < -0.4 is 4.90 Å². The van der Waals surface area contributed by atoms with E-state index < -0.39 is 5.97 Å². The van der Waals surface area contributed by atoms with Crippen molar-refractivity contribution in [3.8, 4) is 0 Å². The average Bonchev–Trinajstić information content (AvgIpc) is 2.38. The number of carboxylic acids is 1. The molecule has 0 aliphatic rings. The highest BCUT2D eigenvalue weighted by Crippen LogP contribution is 2.21. The maximum absolute atomic E-state index is 12.2. The molecule has 0 saturated carbocycles. The number of benzene rings is 1. The Hall–Kier alpha value is -1.84. The van der Waals surface area contributed by atoms with E-state index in [-0.39, 0.29) is 11.5 Å². The van der Waals surface area contributed by atoms with E-state index in [9.17, 15) is 9.59 Å². The fourth-order valence-electron chi connectivity index (χ4n) is 2.11. The first-order valence-corrected chi connectivity index (χ1v) is 7.15. The van der Waals surface area contributed by atoms with Gasteiger partial charge in [-0.2, -0.15) is 0 Å². The molecule has 0 spiro atoms. The Kier molecular flexibility index (Phi) is 6.22. The molecule has 1 N–H and O–H groups in total. The lowest BCUT2D eigenvalue weighted by Crippen LogP contribution is -2.31. The van der Waals surface area contributed by atoms with Crippen LogP contribution in [0, 0.1) is 6.92 Å². The van der Waals surface area contributed by atoms with Crippen LogP contribution in [0.5, 0.6) is 0 Å². The molecule has 1 rings (SSSR count). The number of carbonyl (C=O) groups is 2. The number of anilines is 1. The average molecular weight is 277 g/mol. The number of aryl methyl sites for hydroxylation is 1. The minimum absolute atomic E-state index is 0.0582. The summed E-state index contributed by atoms with van der Waals surface area (Å²) in [7, 11) is 0. The Balaban J connectivity index is 3.11. The van der Waals surface area contributed by atoms with Gasteiger partial charge in [-0.15, -0.1) is 0 Å². The molecule has 110 valence electrons. The highest BCUT2D eigenvalue weighted by atomic mass is 16.4. The van der Waals surface area contributed by atoms with Gasteiger partial charge < -0.3 is 10.0 Å².